The predicted molar refractivity (Wildman–Crippen MR) is 98.8 cm³/mol. The molecule has 0 aromatic heterocycles. The highest BCUT2D eigenvalue weighted by atomic mass is 19.4. The number of nitrogens with one attached hydrogen (secondary N) is 1. The molecule has 0 spiro atoms. The van der Waals surface area contributed by atoms with Gasteiger partial charge in [0.2, 0.25) is 11.8 Å². The summed E-state index contributed by atoms with van der Waals surface area (Å²) in [5.41, 5.74) is 3.00. The van der Waals surface area contributed by atoms with Crippen LogP contribution in [0.4, 0.5) is 18.9 Å². The first-order valence-corrected chi connectivity index (χ1v) is 8.62. The standard InChI is InChI=1S/C20H18F3N3O2/c1-13-6-8-16(9-7-13)26-12-15(10-18(26)27)19(28)25-24-11-14-4-2-3-5-17(14)20(21,22)23/h2-9,11,15H,10,12H2,1H3,(H,25,28)/b24-11+/t15-/m1/s1. The number of alkyl halides is 3. The molecule has 0 bridgehead atoms. The third-order valence-corrected chi connectivity index (χ3v) is 4.49. The Bertz CT molecular complexity index is 908. The molecule has 1 aliphatic rings. The van der Waals surface area contributed by atoms with Crippen LogP contribution in [-0.4, -0.2) is 24.6 Å². The maximum Gasteiger partial charge on any atom is 0.417 e. The zero-order valence-corrected chi connectivity index (χ0v) is 15.0. The van der Waals surface area contributed by atoms with Crippen molar-refractivity contribution in [2.45, 2.75) is 19.5 Å². The zero-order valence-electron chi connectivity index (χ0n) is 15.0. The Hall–Kier alpha value is -3.16. The van der Waals surface area contributed by atoms with Crippen molar-refractivity contribution in [2.24, 2.45) is 11.0 Å². The lowest BCUT2D eigenvalue weighted by molar-refractivity contribution is -0.137. The lowest BCUT2D eigenvalue weighted by atomic mass is 10.1. The van der Waals surface area contributed by atoms with Crippen LogP contribution >= 0.6 is 0 Å². The minimum Gasteiger partial charge on any atom is -0.312 e. The fourth-order valence-corrected chi connectivity index (χ4v) is 2.98. The van der Waals surface area contributed by atoms with Crippen LogP contribution < -0.4 is 10.3 Å². The maximum atomic E-state index is 13.0. The lowest BCUT2D eigenvalue weighted by Crippen LogP contribution is -2.30. The van der Waals surface area contributed by atoms with Gasteiger partial charge in [0.25, 0.3) is 0 Å². The van der Waals surface area contributed by atoms with Gasteiger partial charge in [-0.3, -0.25) is 9.59 Å². The molecule has 1 atom stereocenters. The van der Waals surface area contributed by atoms with Crippen LogP contribution in [0.3, 0.4) is 0 Å². The van der Waals surface area contributed by atoms with Gasteiger partial charge in [0.1, 0.15) is 0 Å². The Morgan fingerprint density at radius 1 is 1.18 bits per heavy atom. The third-order valence-electron chi connectivity index (χ3n) is 4.49. The Morgan fingerprint density at radius 3 is 2.54 bits per heavy atom. The van der Waals surface area contributed by atoms with Gasteiger partial charge in [-0.2, -0.15) is 18.3 Å². The number of halogens is 3. The van der Waals surface area contributed by atoms with Crippen molar-refractivity contribution in [2.75, 3.05) is 11.4 Å². The van der Waals surface area contributed by atoms with Crippen LogP contribution in [0.5, 0.6) is 0 Å². The van der Waals surface area contributed by atoms with E-state index in [9.17, 15) is 22.8 Å². The fraction of sp³-hybridized carbons (Fsp3) is 0.250. The van der Waals surface area contributed by atoms with E-state index in [1.165, 1.54) is 23.1 Å². The number of hydrogen-bond donors (Lipinski definition) is 1. The molecule has 2 amide bonds. The number of nitrogens with zero attached hydrogens (tertiary/aromatic N) is 2. The summed E-state index contributed by atoms with van der Waals surface area (Å²) in [6.07, 6.45) is -3.54. The van der Waals surface area contributed by atoms with Crippen LogP contribution in [0, 0.1) is 12.8 Å². The number of benzene rings is 2. The summed E-state index contributed by atoms with van der Waals surface area (Å²) in [5.74, 6) is -1.32. The summed E-state index contributed by atoms with van der Waals surface area (Å²) >= 11 is 0. The summed E-state index contributed by atoms with van der Waals surface area (Å²) < 4.78 is 38.9. The predicted octanol–water partition coefficient (Wildman–Crippen LogP) is 3.52. The molecule has 0 saturated carbocycles. The molecule has 1 N–H and O–H groups in total. The molecule has 2 aromatic rings. The maximum absolute atomic E-state index is 13.0. The smallest absolute Gasteiger partial charge is 0.312 e. The first-order chi connectivity index (χ1) is 13.3. The molecule has 3 rings (SSSR count). The largest absolute Gasteiger partial charge is 0.417 e. The number of carbonyl (C=O) groups excluding carboxylic acids is 2. The van der Waals surface area contributed by atoms with Crippen LogP contribution in [0.25, 0.3) is 0 Å². The summed E-state index contributed by atoms with van der Waals surface area (Å²) in [4.78, 5) is 26.0. The van der Waals surface area contributed by atoms with Gasteiger partial charge in [0, 0.05) is 24.2 Å². The topological polar surface area (TPSA) is 61.8 Å². The van der Waals surface area contributed by atoms with Crippen LogP contribution in [0.1, 0.15) is 23.1 Å². The van der Waals surface area contributed by atoms with Crippen LogP contribution in [0.15, 0.2) is 53.6 Å². The Labute approximate surface area is 159 Å². The molecule has 5 nitrogen and oxygen atoms in total. The van der Waals surface area contributed by atoms with E-state index >= 15 is 0 Å². The van der Waals surface area contributed by atoms with Crippen molar-refractivity contribution >= 4 is 23.7 Å². The molecule has 2 aromatic carbocycles. The highest BCUT2D eigenvalue weighted by Gasteiger charge is 2.35. The minimum absolute atomic E-state index is 0.0222. The average molecular weight is 389 g/mol. The summed E-state index contributed by atoms with van der Waals surface area (Å²) in [5, 5.41) is 3.64. The van der Waals surface area contributed by atoms with Crippen molar-refractivity contribution in [1.29, 1.82) is 0 Å². The number of carbonyl (C=O) groups is 2. The molecule has 1 fully saturated rings. The molecule has 1 saturated heterocycles. The van der Waals surface area contributed by atoms with Gasteiger partial charge in [-0.1, -0.05) is 35.9 Å². The van der Waals surface area contributed by atoms with Gasteiger partial charge < -0.3 is 4.90 Å². The average Bonchev–Trinajstić information content (AvgIpc) is 3.04. The van der Waals surface area contributed by atoms with E-state index in [-0.39, 0.29) is 24.4 Å². The van der Waals surface area contributed by atoms with Crippen molar-refractivity contribution in [1.82, 2.24) is 5.43 Å². The second kappa shape index (κ2) is 7.84. The number of hydrogen-bond acceptors (Lipinski definition) is 3. The molecule has 1 heterocycles. The molecular formula is C20H18F3N3O2. The number of anilines is 1. The Morgan fingerprint density at radius 2 is 1.86 bits per heavy atom. The van der Waals surface area contributed by atoms with E-state index < -0.39 is 23.6 Å². The first-order valence-electron chi connectivity index (χ1n) is 8.62. The normalized spacial score (nSPS) is 17.4. The monoisotopic (exact) mass is 389 g/mol. The molecule has 146 valence electrons. The van der Waals surface area contributed by atoms with E-state index in [2.05, 4.69) is 10.5 Å². The number of hydrazone groups is 1. The molecule has 0 aliphatic carbocycles. The van der Waals surface area contributed by atoms with Gasteiger partial charge in [0.15, 0.2) is 0 Å². The second-order valence-electron chi connectivity index (χ2n) is 6.56. The van der Waals surface area contributed by atoms with E-state index in [0.717, 1.165) is 17.8 Å². The molecule has 0 unspecified atom stereocenters. The van der Waals surface area contributed by atoms with E-state index in [1.54, 1.807) is 12.1 Å². The van der Waals surface area contributed by atoms with Gasteiger partial charge >= 0.3 is 6.18 Å². The molecular weight excluding hydrogens is 371 g/mol. The van der Waals surface area contributed by atoms with E-state index in [4.69, 9.17) is 0 Å². The highest BCUT2D eigenvalue weighted by molar-refractivity contribution is 6.00. The van der Waals surface area contributed by atoms with Gasteiger partial charge in [-0.15, -0.1) is 0 Å². The van der Waals surface area contributed by atoms with Gasteiger partial charge in [-0.05, 0) is 25.1 Å². The Balaban J connectivity index is 1.64. The number of aryl methyl sites for hydroxylation is 1. The summed E-state index contributed by atoms with van der Waals surface area (Å²) in [7, 11) is 0. The van der Waals surface area contributed by atoms with Crippen molar-refractivity contribution < 1.29 is 22.8 Å². The zero-order chi connectivity index (χ0) is 20.3. The van der Waals surface area contributed by atoms with Crippen molar-refractivity contribution in [3.8, 4) is 0 Å². The minimum atomic E-state index is -4.51. The second-order valence-corrected chi connectivity index (χ2v) is 6.56. The molecule has 28 heavy (non-hydrogen) atoms. The number of rotatable bonds is 4. The van der Waals surface area contributed by atoms with Gasteiger partial charge in [-0.25, -0.2) is 5.43 Å². The van der Waals surface area contributed by atoms with Crippen molar-refractivity contribution in [3.63, 3.8) is 0 Å². The van der Waals surface area contributed by atoms with Gasteiger partial charge in [0.05, 0.1) is 17.7 Å². The van der Waals surface area contributed by atoms with Crippen molar-refractivity contribution in [3.05, 3.63) is 65.2 Å². The van der Waals surface area contributed by atoms with Crippen LogP contribution in [-0.2, 0) is 15.8 Å². The summed E-state index contributed by atoms with van der Waals surface area (Å²) in [6, 6.07) is 12.3. The van der Waals surface area contributed by atoms with E-state index in [0.29, 0.717) is 5.69 Å². The number of amides is 2. The molecule has 8 heteroatoms. The Kier molecular flexibility index (Phi) is 5.48. The fourth-order valence-electron chi connectivity index (χ4n) is 2.98. The highest BCUT2D eigenvalue weighted by Crippen LogP contribution is 2.31. The third kappa shape index (κ3) is 4.39. The van der Waals surface area contributed by atoms with E-state index in [1.807, 2.05) is 19.1 Å². The van der Waals surface area contributed by atoms with Crippen LogP contribution in [0.2, 0.25) is 0 Å². The molecule has 1 aliphatic heterocycles. The summed E-state index contributed by atoms with van der Waals surface area (Å²) in [6.45, 7) is 2.13. The first kappa shape index (κ1) is 19.6. The lowest BCUT2D eigenvalue weighted by Gasteiger charge is -2.16. The quantitative estimate of drug-likeness (QED) is 0.643. The SMILES string of the molecule is Cc1ccc(N2C[C@H](C(=O)N/N=C/c3ccccc3C(F)(F)F)CC2=O)cc1. The molecule has 0 radical (unpaired) electrons.